The molecule has 1 heterocycles. The Kier molecular flexibility index (Phi) is 3.95. The molecule has 2 rings (SSSR count). The van der Waals surface area contributed by atoms with Crippen molar-refractivity contribution in [1.82, 2.24) is 0 Å². The Bertz CT molecular complexity index is 599. The highest BCUT2D eigenvalue weighted by molar-refractivity contribution is 7.89. The average Bonchev–Trinajstić information content (AvgIpc) is 2.29. The minimum atomic E-state index is -3.72. The largest absolute Gasteiger partial charge is 0.397 e. The topological polar surface area (TPSA) is 107 Å². The summed E-state index contributed by atoms with van der Waals surface area (Å²) in [5.41, 5.74) is 6.83. The smallest absolute Gasteiger partial charge is 0.238 e. The molecule has 1 aliphatic rings. The summed E-state index contributed by atoms with van der Waals surface area (Å²) in [6.07, 6.45) is 1.75. The third kappa shape index (κ3) is 3.62. The first-order valence-corrected chi connectivity index (χ1v) is 8.05. The zero-order valence-electron chi connectivity index (χ0n) is 11.7. The fourth-order valence-corrected chi connectivity index (χ4v) is 2.97. The Balaban J connectivity index is 2.14. The number of nitrogens with two attached hydrogens (primary N) is 2. The van der Waals surface area contributed by atoms with E-state index in [0.29, 0.717) is 12.3 Å². The molecule has 0 spiro atoms. The van der Waals surface area contributed by atoms with Crippen LogP contribution in [0.4, 0.5) is 11.4 Å². The zero-order valence-corrected chi connectivity index (χ0v) is 12.5. The Hall–Kier alpha value is -1.31. The zero-order chi connectivity index (χ0) is 15.0. The molecule has 0 radical (unpaired) electrons. The second-order valence-corrected chi connectivity index (χ2v) is 7.30. The number of ether oxygens (including phenoxy) is 1. The number of sulfonamides is 1. The van der Waals surface area contributed by atoms with Crippen molar-refractivity contribution in [3.8, 4) is 0 Å². The van der Waals surface area contributed by atoms with E-state index in [2.05, 4.69) is 5.32 Å². The van der Waals surface area contributed by atoms with Crippen LogP contribution in [-0.4, -0.2) is 26.7 Å². The fraction of sp³-hybridized carbons (Fsp3) is 0.538. The molecular weight excluding hydrogens is 278 g/mol. The maximum atomic E-state index is 11.3. The van der Waals surface area contributed by atoms with Gasteiger partial charge in [-0.1, -0.05) is 0 Å². The third-order valence-corrected chi connectivity index (χ3v) is 4.32. The van der Waals surface area contributed by atoms with Gasteiger partial charge in [-0.25, -0.2) is 13.6 Å². The predicted octanol–water partition coefficient (Wildman–Crippen LogP) is 1.29. The summed E-state index contributed by atoms with van der Waals surface area (Å²) < 4.78 is 28.2. The van der Waals surface area contributed by atoms with E-state index in [1.54, 1.807) is 6.07 Å². The lowest BCUT2D eigenvalue weighted by Crippen LogP contribution is -2.40. The molecule has 7 heteroatoms. The number of hydrogen-bond acceptors (Lipinski definition) is 5. The van der Waals surface area contributed by atoms with E-state index in [9.17, 15) is 8.42 Å². The molecule has 0 amide bonds. The molecule has 1 saturated heterocycles. The van der Waals surface area contributed by atoms with Crippen LogP contribution in [0.5, 0.6) is 0 Å². The van der Waals surface area contributed by atoms with Crippen LogP contribution in [0.2, 0.25) is 0 Å². The number of hydrogen-bond donors (Lipinski definition) is 3. The Morgan fingerprint density at radius 1 is 1.40 bits per heavy atom. The fourth-order valence-electron chi connectivity index (χ4n) is 2.42. The van der Waals surface area contributed by atoms with Crippen molar-refractivity contribution in [1.29, 1.82) is 0 Å². The molecule has 112 valence electrons. The molecule has 1 aromatic carbocycles. The molecule has 0 aromatic heterocycles. The Morgan fingerprint density at radius 2 is 2.10 bits per heavy atom. The number of benzene rings is 1. The normalized spacial score (nSPS) is 22.4. The molecule has 1 unspecified atom stereocenters. The van der Waals surface area contributed by atoms with Crippen LogP contribution in [0.3, 0.4) is 0 Å². The van der Waals surface area contributed by atoms with Crippen LogP contribution in [0.1, 0.15) is 26.7 Å². The molecule has 0 saturated carbocycles. The summed E-state index contributed by atoms with van der Waals surface area (Å²) in [5, 5.41) is 8.42. The van der Waals surface area contributed by atoms with Crippen molar-refractivity contribution in [2.75, 3.05) is 17.7 Å². The summed E-state index contributed by atoms with van der Waals surface area (Å²) in [7, 11) is -3.72. The molecule has 20 heavy (non-hydrogen) atoms. The quantitative estimate of drug-likeness (QED) is 0.729. The maximum Gasteiger partial charge on any atom is 0.238 e. The number of nitrogens with one attached hydrogen (secondary N) is 1. The van der Waals surface area contributed by atoms with Gasteiger partial charge in [0.25, 0.3) is 0 Å². The molecule has 5 N–H and O–H groups in total. The van der Waals surface area contributed by atoms with E-state index >= 15 is 0 Å². The first-order chi connectivity index (χ1) is 9.17. The maximum absolute atomic E-state index is 11.3. The van der Waals surface area contributed by atoms with E-state index in [0.717, 1.165) is 18.5 Å². The Morgan fingerprint density at radius 3 is 2.65 bits per heavy atom. The number of nitrogen functional groups attached to an aromatic ring is 1. The highest BCUT2D eigenvalue weighted by Gasteiger charge is 2.29. The van der Waals surface area contributed by atoms with Crippen LogP contribution >= 0.6 is 0 Å². The van der Waals surface area contributed by atoms with E-state index in [1.807, 2.05) is 13.8 Å². The van der Waals surface area contributed by atoms with Gasteiger partial charge in [-0.15, -0.1) is 0 Å². The summed E-state index contributed by atoms with van der Waals surface area (Å²) >= 11 is 0. The average molecular weight is 299 g/mol. The van der Waals surface area contributed by atoms with Gasteiger partial charge in [0, 0.05) is 12.6 Å². The number of anilines is 2. The summed E-state index contributed by atoms with van der Waals surface area (Å²) in [5.74, 6) is 0. The highest BCUT2D eigenvalue weighted by atomic mass is 32.2. The SMILES string of the molecule is CC1(C)CC(Nc2ccc(S(N)(=O)=O)cc2N)CCO1. The van der Waals surface area contributed by atoms with Crippen LogP contribution in [0, 0.1) is 0 Å². The number of primary sulfonamides is 1. The second kappa shape index (κ2) is 5.23. The summed E-state index contributed by atoms with van der Waals surface area (Å²) in [6, 6.07) is 4.74. The van der Waals surface area contributed by atoms with Gasteiger partial charge in [-0.2, -0.15) is 0 Å². The standard InChI is InChI=1S/C13H21N3O3S/c1-13(2)8-9(5-6-19-13)16-12-4-3-10(7-11(12)14)20(15,17)18/h3-4,7,9,16H,5-6,8,14H2,1-2H3,(H2,15,17,18). The molecule has 6 nitrogen and oxygen atoms in total. The van der Waals surface area contributed by atoms with Crippen LogP contribution in [0.25, 0.3) is 0 Å². The van der Waals surface area contributed by atoms with Crippen molar-refractivity contribution >= 4 is 21.4 Å². The molecule has 0 aliphatic carbocycles. The van der Waals surface area contributed by atoms with E-state index in [-0.39, 0.29) is 16.5 Å². The molecule has 1 fully saturated rings. The van der Waals surface area contributed by atoms with E-state index in [1.165, 1.54) is 12.1 Å². The predicted molar refractivity (Wildman–Crippen MR) is 78.9 cm³/mol. The van der Waals surface area contributed by atoms with Gasteiger partial charge < -0.3 is 15.8 Å². The molecular formula is C13H21N3O3S. The van der Waals surface area contributed by atoms with Crippen molar-refractivity contribution in [2.45, 2.75) is 43.2 Å². The van der Waals surface area contributed by atoms with Gasteiger partial charge in [0.15, 0.2) is 0 Å². The lowest BCUT2D eigenvalue weighted by molar-refractivity contribution is -0.0553. The molecule has 1 aliphatic heterocycles. The summed E-state index contributed by atoms with van der Waals surface area (Å²) in [4.78, 5) is 0.0212. The minimum absolute atomic E-state index is 0.0212. The molecule has 0 bridgehead atoms. The van der Waals surface area contributed by atoms with Crippen LogP contribution in [0.15, 0.2) is 23.1 Å². The lowest BCUT2D eigenvalue weighted by atomic mass is 9.94. The van der Waals surface area contributed by atoms with Gasteiger partial charge in [0.05, 0.1) is 21.9 Å². The van der Waals surface area contributed by atoms with Gasteiger partial charge >= 0.3 is 0 Å². The minimum Gasteiger partial charge on any atom is -0.397 e. The van der Waals surface area contributed by atoms with E-state index in [4.69, 9.17) is 15.6 Å². The van der Waals surface area contributed by atoms with Gasteiger partial charge in [0.1, 0.15) is 0 Å². The van der Waals surface area contributed by atoms with Crippen molar-refractivity contribution < 1.29 is 13.2 Å². The monoisotopic (exact) mass is 299 g/mol. The van der Waals surface area contributed by atoms with Crippen LogP contribution < -0.4 is 16.2 Å². The first kappa shape index (κ1) is 15.1. The second-order valence-electron chi connectivity index (χ2n) is 5.74. The third-order valence-electron chi connectivity index (χ3n) is 3.41. The molecule has 1 aromatic rings. The van der Waals surface area contributed by atoms with Crippen molar-refractivity contribution in [3.05, 3.63) is 18.2 Å². The van der Waals surface area contributed by atoms with Gasteiger partial charge in [0.2, 0.25) is 10.0 Å². The Labute approximate surface area is 119 Å². The van der Waals surface area contributed by atoms with Crippen LogP contribution in [-0.2, 0) is 14.8 Å². The van der Waals surface area contributed by atoms with E-state index < -0.39 is 10.0 Å². The number of rotatable bonds is 3. The van der Waals surface area contributed by atoms with Crippen molar-refractivity contribution in [2.24, 2.45) is 5.14 Å². The van der Waals surface area contributed by atoms with Crippen molar-refractivity contribution in [3.63, 3.8) is 0 Å². The van der Waals surface area contributed by atoms with Gasteiger partial charge in [-0.05, 0) is 44.9 Å². The lowest BCUT2D eigenvalue weighted by Gasteiger charge is -2.36. The highest BCUT2D eigenvalue weighted by Crippen LogP contribution is 2.29. The molecule has 1 atom stereocenters. The summed E-state index contributed by atoms with van der Waals surface area (Å²) in [6.45, 7) is 4.79. The first-order valence-electron chi connectivity index (χ1n) is 6.50. The van der Waals surface area contributed by atoms with Gasteiger partial charge in [-0.3, -0.25) is 0 Å².